The second-order valence-electron chi connectivity index (χ2n) is 5.27. The lowest BCUT2D eigenvalue weighted by Crippen LogP contribution is -2.32. The van der Waals surface area contributed by atoms with E-state index in [9.17, 15) is 18.0 Å². The van der Waals surface area contributed by atoms with E-state index in [1.54, 1.807) is 31.2 Å². The first kappa shape index (κ1) is 18.9. The second-order valence-corrected chi connectivity index (χ2v) is 7.23. The fraction of sp³-hybridized carbons (Fsp3) is 0.125. The SMILES string of the molecule is Cc1ccc(NC(=O)CNC(=O)c2cccc(Cl)c2)cc1S(N)(=O)=O. The monoisotopic (exact) mass is 381 g/mol. The highest BCUT2D eigenvalue weighted by molar-refractivity contribution is 7.89. The number of primary sulfonamides is 1. The third-order valence-electron chi connectivity index (χ3n) is 3.27. The second kappa shape index (κ2) is 7.64. The van der Waals surface area contributed by atoms with E-state index in [-0.39, 0.29) is 17.1 Å². The third-order valence-corrected chi connectivity index (χ3v) is 4.56. The lowest BCUT2D eigenvalue weighted by atomic mass is 10.2. The average molecular weight is 382 g/mol. The summed E-state index contributed by atoms with van der Waals surface area (Å²) in [5, 5.41) is 10.5. The molecule has 0 unspecified atom stereocenters. The molecule has 2 rings (SSSR count). The van der Waals surface area contributed by atoms with E-state index in [1.165, 1.54) is 18.2 Å². The van der Waals surface area contributed by atoms with Gasteiger partial charge in [0.15, 0.2) is 0 Å². The van der Waals surface area contributed by atoms with Crippen LogP contribution in [0.2, 0.25) is 5.02 Å². The van der Waals surface area contributed by atoms with Crippen molar-refractivity contribution in [3.8, 4) is 0 Å². The first-order chi connectivity index (χ1) is 11.7. The zero-order chi connectivity index (χ0) is 18.6. The number of nitrogens with one attached hydrogen (secondary N) is 2. The Morgan fingerprint density at radius 2 is 1.88 bits per heavy atom. The molecule has 0 atom stereocenters. The summed E-state index contributed by atoms with van der Waals surface area (Å²) in [6.07, 6.45) is 0. The van der Waals surface area contributed by atoms with Gasteiger partial charge in [0.25, 0.3) is 5.91 Å². The van der Waals surface area contributed by atoms with Crippen LogP contribution in [0.15, 0.2) is 47.4 Å². The molecule has 0 saturated heterocycles. The van der Waals surface area contributed by atoms with Crippen LogP contribution in [0, 0.1) is 6.92 Å². The maximum Gasteiger partial charge on any atom is 0.251 e. The van der Waals surface area contributed by atoms with Crippen molar-refractivity contribution < 1.29 is 18.0 Å². The molecule has 0 aliphatic carbocycles. The molecular weight excluding hydrogens is 366 g/mol. The molecule has 0 fully saturated rings. The van der Waals surface area contributed by atoms with E-state index in [0.29, 0.717) is 16.1 Å². The number of rotatable bonds is 5. The van der Waals surface area contributed by atoms with E-state index in [2.05, 4.69) is 10.6 Å². The van der Waals surface area contributed by atoms with Crippen molar-refractivity contribution in [3.05, 3.63) is 58.6 Å². The van der Waals surface area contributed by atoms with Crippen molar-refractivity contribution in [1.29, 1.82) is 0 Å². The van der Waals surface area contributed by atoms with Crippen molar-refractivity contribution in [2.75, 3.05) is 11.9 Å². The van der Waals surface area contributed by atoms with Crippen LogP contribution < -0.4 is 15.8 Å². The predicted molar refractivity (Wildman–Crippen MR) is 95.0 cm³/mol. The predicted octanol–water partition coefficient (Wildman–Crippen LogP) is 1.66. The molecule has 0 bridgehead atoms. The molecule has 0 saturated carbocycles. The summed E-state index contributed by atoms with van der Waals surface area (Å²) in [7, 11) is -3.89. The van der Waals surface area contributed by atoms with Gasteiger partial charge >= 0.3 is 0 Å². The normalized spacial score (nSPS) is 11.0. The number of hydrogen-bond donors (Lipinski definition) is 3. The third kappa shape index (κ3) is 5.28. The standard InChI is InChI=1S/C16H16ClN3O4S/c1-10-5-6-13(8-14(10)25(18,23)24)20-15(21)9-19-16(22)11-3-2-4-12(17)7-11/h2-8H,9H2,1H3,(H,19,22)(H,20,21)(H2,18,23,24). The maximum absolute atomic E-state index is 11.9. The Bertz CT molecular complexity index is 929. The van der Waals surface area contributed by atoms with Gasteiger partial charge in [0.05, 0.1) is 11.4 Å². The Hall–Kier alpha value is -2.42. The van der Waals surface area contributed by atoms with Crippen LogP contribution in [0.1, 0.15) is 15.9 Å². The summed E-state index contributed by atoms with van der Waals surface area (Å²) in [4.78, 5) is 23.8. The summed E-state index contributed by atoms with van der Waals surface area (Å²) in [5.74, 6) is -0.966. The molecule has 0 aromatic heterocycles. The smallest absolute Gasteiger partial charge is 0.251 e. The Morgan fingerprint density at radius 3 is 2.52 bits per heavy atom. The first-order valence-corrected chi connectivity index (χ1v) is 9.06. The molecular formula is C16H16ClN3O4S. The van der Waals surface area contributed by atoms with Crippen molar-refractivity contribution in [2.45, 2.75) is 11.8 Å². The molecule has 25 heavy (non-hydrogen) atoms. The fourth-order valence-corrected chi connectivity index (χ4v) is 3.08. The molecule has 0 spiro atoms. The summed E-state index contributed by atoms with van der Waals surface area (Å²) < 4.78 is 23.0. The minimum Gasteiger partial charge on any atom is -0.343 e. The van der Waals surface area contributed by atoms with Gasteiger partial charge in [0.2, 0.25) is 15.9 Å². The van der Waals surface area contributed by atoms with Gasteiger partial charge in [0.1, 0.15) is 0 Å². The molecule has 2 amide bonds. The highest BCUT2D eigenvalue weighted by Crippen LogP contribution is 2.18. The number of amides is 2. The number of benzene rings is 2. The Kier molecular flexibility index (Phi) is 5.78. The topological polar surface area (TPSA) is 118 Å². The van der Waals surface area contributed by atoms with Crippen LogP contribution in [0.4, 0.5) is 5.69 Å². The Morgan fingerprint density at radius 1 is 1.16 bits per heavy atom. The van der Waals surface area contributed by atoms with Crippen LogP contribution in [0.25, 0.3) is 0 Å². The summed E-state index contributed by atoms with van der Waals surface area (Å²) in [6, 6.07) is 10.6. The van der Waals surface area contributed by atoms with Crippen LogP contribution >= 0.6 is 11.6 Å². The highest BCUT2D eigenvalue weighted by Gasteiger charge is 2.14. The number of sulfonamides is 1. The van der Waals surface area contributed by atoms with Gasteiger partial charge in [-0.25, -0.2) is 13.6 Å². The molecule has 2 aromatic rings. The first-order valence-electron chi connectivity index (χ1n) is 7.14. The van der Waals surface area contributed by atoms with E-state index in [4.69, 9.17) is 16.7 Å². The van der Waals surface area contributed by atoms with Crippen molar-refractivity contribution in [3.63, 3.8) is 0 Å². The van der Waals surface area contributed by atoms with Gasteiger partial charge in [-0.1, -0.05) is 23.7 Å². The number of carbonyl (C=O) groups excluding carboxylic acids is 2. The number of halogens is 1. The van der Waals surface area contributed by atoms with E-state index in [0.717, 1.165) is 0 Å². The van der Waals surface area contributed by atoms with Crippen LogP contribution in [-0.2, 0) is 14.8 Å². The summed E-state index contributed by atoms with van der Waals surface area (Å²) >= 11 is 5.80. The van der Waals surface area contributed by atoms with Crippen LogP contribution in [-0.4, -0.2) is 26.8 Å². The van der Waals surface area contributed by atoms with E-state index < -0.39 is 21.8 Å². The molecule has 4 N–H and O–H groups in total. The van der Waals surface area contributed by atoms with E-state index >= 15 is 0 Å². The van der Waals surface area contributed by atoms with Gasteiger partial charge < -0.3 is 10.6 Å². The quantitative estimate of drug-likeness (QED) is 0.729. The minimum atomic E-state index is -3.89. The molecule has 0 aliphatic rings. The number of hydrogen-bond acceptors (Lipinski definition) is 4. The highest BCUT2D eigenvalue weighted by atomic mass is 35.5. The Balaban J connectivity index is 2.00. The van der Waals surface area contributed by atoms with Gasteiger partial charge in [-0.05, 0) is 42.8 Å². The lowest BCUT2D eigenvalue weighted by molar-refractivity contribution is -0.115. The molecule has 0 heterocycles. The Labute approximate surface area is 150 Å². The fourth-order valence-electron chi connectivity index (χ4n) is 2.08. The minimum absolute atomic E-state index is 0.0757. The van der Waals surface area contributed by atoms with Crippen molar-refractivity contribution in [1.82, 2.24) is 5.32 Å². The van der Waals surface area contributed by atoms with Gasteiger partial charge in [-0.15, -0.1) is 0 Å². The number of carbonyl (C=O) groups is 2. The number of nitrogens with two attached hydrogens (primary N) is 1. The van der Waals surface area contributed by atoms with Crippen molar-refractivity contribution >= 4 is 39.1 Å². The zero-order valence-corrected chi connectivity index (χ0v) is 14.8. The lowest BCUT2D eigenvalue weighted by Gasteiger charge is -2.10. The molecule has 2 aromatic carbocycles. The van der Waals surface area contributed by atoms with E-state index in [1.807, 2.05) is 0 Å². The van der Waals surface area contributed by atoms with Gasteiger partial charge in [-0.3, -0.25) is 9.59 Å². The average Bonchev–Trinajstić information content (AvgIpc) is 2.53. The van der Waals surface area contributed by atoms with Gasteiger partial charge in [0, 0.05) is 16.3 Å². The number of anilines is 1. The molecule has 0 radical (unpaired) electrons. The summed E-state index contributed by atoms with van der Waals surface area (Å²) in [6.45, 7) is 1.31. The molecule has 7 nitrogen and oxygen atoms in total. The van der Waals surface area contributed by atoms with Crippen LogP contribution in [0.3, 0.4) is 0 Å². The zero-order valence-electron chi connectivity index (χ0n) is 13.2. The number of aryl methyl sites for hydroxylation is 1. The van der Waals surface area contributed by atoms with Crippen molar-refractivity contribution in [2.24, 2.45) is 5.14 Å². The molecule has 132 valence electrons. The summed E-state index contributed by atoms with van der Waals surface area (Å²) in [5.41, 5.74) is 1.05. The molecule has 0 aliphatic heterocycles. The molecule has 9 heteroatoms. The maximum atomic E-state index is 11.9. The largest absolute Gasteiger partial charge is 0.343 e. The van der Waals surface area contributed by atoms with Crippen LogP contribution in [0.5, 0.6) is 0 Å². The van der Waals surface area contributed by atoms with Gasteiger partial charge in [-0.2, -0.15) is 0 Å².